The van der Waals surface area contributed by atoms with Gasteiger partial charge in [-0.1, -0.05) is 27.2 Å². The number of aryl methyl sites for hydroxylation is 1. The van der Waals surface area contributed by atoms with Crippen molar-refractivity contribution in [2.45, 2.75) is 71.5 Å². The molecule has 2 rings (SSSR count). The van der Waals surface area contributed by atoms with E-state index < -0.39 is 0 Å². The molecule has 1 aliphatic carbocycles. The topological polar surface area (TPSA) is 29.9 Å². The van der Waals surface area contributed by atoms with Gasteiger partial charge in [0.05, 0.1) is 6.20 Å². The van der Waals surface area contributed by atoms with Crippen molar-refractivity contribution >= 4 is 0 Å². The SMILES string of the molecule is CCCCn1ncc(CNC(C)C)c1C1CC1. The summed E-state index contributed by atoms with van der Waals surface area (Å²) in [5.41, 5.74) is 2.92. The molecule has 3 nitrogen and oxygen atoms in total. The van der Waals surface area contributed by atoms with Gasteiger partial charge in [0.25, 0.3) is 0 Å². The average Bonchev–Trinajstić information content (AvgIpc) is 3.05. The van der Waals surface area contributed by atoms with Gasteiger partial charge in [0.1, 0.15) is 0 Å². The molecule has 0 saturated heterocycles. The van der Waals surface area contributed by atoms with E-state index in [1.807, 2.05) is 0 Å². The standard InChI is InChI=1S/C14H25N3/c1-4-5-8-17-14(12-6-7-12)13(10-16-17)9-15-11(2)3/h10-12,15H,4-9H2,1-3H3. The zero-order valence-corrected chi connectivity index (χ0v) is 11.4. The van der Waals surface area contributed by atoms with Crippen LogP contribution in [0.25, 0.3) is 0 Å². The molecule has 1 saturated carbocycles. The Balaban J connectivity index is 2.06. The molecule has 0 unspecified atom stereocenters. The summed E-state index contributed by atoms with van der Waals surface area (Å²) in [5.74, 6) is 0.790. The van der Waals surface area contributed by atoms with Crippen LogP contribution < -0.4 is 5.32 Å². The lowest BCUT2D eigenvalue weighted by atomic mass is 10.1. The van der Waals surface area contributed by atoms with E-state index in [1.165, 1.54) is 36.9 Å². The number of hydrogen-bond donors (Lipinski definition) is 1. The molecule has 3 heteroatoms. The molecule has 0 aliphatic heterocycles. The van der Waals surface area contributed by atoms with E-state index in [1.54, 1.807) is 0 Å². The molecule has 0 amide bonds. The molecule has 96 valence electrons. The second-order valence-corrected chi connectivity index (χ2v) is 5.44. The van der Waals surface area contributed by atoms with Crippen LogP contribution in [0.3, 0.4) is 0 Å². The van der Waals surface area contributed by atoms with Crippen molar-refractivity contribution in [1.29, 1.82) is 0 Å². The van der Waals surface area contributed by atoms with Gasteiger partial charge < -0.3 is 5.32 Å². The Morgan fingerprint density at radius 2 is 2.24 bits per heavy atom. The Morgan fingerprint density at radius 3 is 2.82 bits per heavy atom. The van der Waals surface area contributed by atoms with Gasteiger partial charge in [-0.3, -0.25) is 4.68 Å². The maximum atomic E-state index is 4.57. The number of nitrogens with zero attached hydrogens (tertiary/aromatic N) is 2. The maximum absolute atomic E-state index is 4.57. The van der Waals surface area contributed by atoms with Crippen LogP contribution in [0.2, 0.25) is 0 Å². The highest BCUT2D eigenvalue weighted by Crippen LogP contribution is 2.41. The lowest BCUT2D eigenvalue weighted by molar-refractivity contribution is 0.543. The van der Waals surface area contributed by atoms with Crippen LogP contribution in [0.4, 0.5) is 0 Å². The molecule has 0 radical (unpaired) electrons. The first-order valence-electron chi connectivity index (χ1n) is 7.00. The first-order chi connectivity index (χ1) is 8.22. The zero-order valence-electron chi connectivity index (χ0n) is 11.4. The number of rotatable bonds is 7. The minimum atomic E-state index is 0.543. The van der Waals surface area contributed by atoms with Gasteiger partial charge in [-0.05, 0) is 19.3 Å². The van der Waals surface area contributed by atoms with Crippen LogP contribution in [0.1, 0.15) is 63.6 Å². The first-order valence-corrected chi connectivity index (χ1v) is 7.00. The van der Waals surface area contributed by atoms with Crippen molar-refractivity contribution in [3.63, 3.8) is 0 Å². The summed E-state index contributed by atoms with van der Waals surface area (Å²) in [6.45, 7) is 8.68. The van der Waals surface area contributed by atoms with Crippen molar-refractivity contribution in [3.8, 4) is 0 Å². The first kappa shape index (κ1) is 12.6. The van der Waals surface area contributed by atoms with Crippen LogP contribution in [0, 0.1) is 0 Å². The fourth-order valence-corrected chi connectivity index (χ4v) is 2.20. The molecule has 1 aliphatic rings. The van der Waals surface area contributed by atoms with Crippen molar-refractivity contribution in [1.82, 2.24) is 15.1 Å². The van der Waals surface area contributed by atoms with E-state index in [4.69, 9.17) is 0 Å². The molecule has 0 aromatic carbocycles. The fraction of sp³-hybridized carbons (Fsp3) is 0.786. The van der Waals surface area contributed by atoms with Crippen LogP contribution >= 0.6 is 0 Å². The van der Waals surface area contributed by atoms with E-state index in [2.05, 4.69) is 42.1 Å². The highest BCUT2D eigenvalue weighted by Gasteiger charge is 2.29. The maximum Gasteiger partial charge on any atom is 0.0537 e. The second-order valence-electron chi connectivity index (χ2n) is 5.44. The number of hydrogen-bond acceptors (Lipinski definition) is 2. The Hall–Kier alpha value is -0.830. The molecule has 1 fully saturated rings. The summed E-state index contributed by atoms with van der Waals surface area (Å²) < 4.78 is 2.25. The number of nitrogens with one attached hydrogen (secondary N) is 1. The molecule has 0 spiro atoms. The van der Waals surface area contributed by atoms with Gasteiger partial charge >= 0.3 is 0 Å². The minimum Gasteiger partial charge on any atom is -0.310 e. The van der Waals surface area contributed by atoms with Gasteiger partial charge in [0, 0.05) is 36.3 Å². The molecule has 0 atom stereocenters. The Labute approximate surface area is 105 Å². The van der Waals surface area contributed by atoms with Gasteiger partial charge in [-0.2, -0.15) is 5.10 Å². The van der Waals surface area contributed by atoms with Crippen LogP contribution in [0.5, 0.6) is 0 Å². The average molecular weight is 235 g/mol. The van der Waals surface area contributed by atoms with Crippen molar-refractivity contribution < 1.29 is 0 Å². The summed E-state index contributed by atoms with van der Waals surface area (Å²) in [6, 6.07) is 0.543. The van der Waals surface area contributed by atoms with Crippen molar-refractivity contribution in [2.24, 2.45) is 0 Å². The van der Waals surface area contributed by atoms with Crippen LogP contribution in [-0.4, -0.2) is 15.8 Å². The van der Waals surface area contributed by atoms with Gasteiger partial charge in [0.2, 0.25) is 0 Å². The molecule has 1 aromatic heterocycles. The van der Waals surface area contributed by atoms with E-state index in [-0.39, 0.29) is 0 Å². The number of unbranched alkanes of at least 4 members (excludes halogenated alkanes) is 1. The van der Waals surface area contributed by atoms with Crippen LogP contribution in [-0.2, 0) is 13.1 Å². The molecule has 17 heavy (non-hydrogen) atoms. The molecule has 1 N–H and O–H groups in total. The normalized spacial score (nSPS) is 15.8. The second kappa shape index (κ2) is 5.67. The van der Waals surface area contributed by atoms with E-state index >= 15 is 0 Å². The highest BCUT2D eigenvalue weighted by molar-refractivity contribution is 5.25. The summed E-state index contributed by atoms with van der Waals surface area (Å²) >= 11 is 0. The molecule has 1 aromatic rings. The van der Waals surface area contributed by atoms with E-state index in [0.29, 0.717) is 6.04 Å². The third-order valence-electron chi connectivity index (χ3n) is 3.35. The van der Waals surface area contributed by atoms with Crippen molar-refractivity contribution in [3.05, 3.63) is 17.5 Å². The van der Waals surface area contributed by atoms with Gasteiger partial charge in [-0.25, -0.2) is 0 Å². The Bertz CT molecular complexity index is 350. The minimum absolute atomic E-state index is 0.543. The molecule has 1 heterocycles. The third-order valence-corrected chi connectivity index (χ3v) is 3.35. The monoisotopic (exact) mass is 235 g/mol. The van der Waals surface area contributed by atoms with Gasteiger partial charge in [0.15, 0.2) is 0 Å². The molecular weight excluding hydrogens is 210 g/mol. The van der Waals surface area contributed by atoms with Gasteiger partial charge in [-0.15, -0.1) is 0 Å². The predicted molar refractivity (Wildman–Crippen MR) is 71.1 cm³/mol. The third kappa shape index (κ3) is 3.32. The van der Waals surface area contributed by atoms with Crippen molar-refractivity contribution in [2.75, 3.05) is 0 Å². The van der Waals surface area contributed by atoms with E-state index in [9.17, 15) is 0 Å². The predicted octanol–water partition coefficient (Wildman–Crippen LogP) is 3.06. The zero-order chi connectivity index (χ0) is 12.3. The lowest BCUT2D eigenvalue weighted by Gasteiger charge is -2.10. The summed E-state index contributed by atoms with van der Waals surface area (Å²) in [7, 11) is 0. The summed E-state index contributed by atoms with van der Waals surface area (Å²) in [5, 5.41) is 8.07. The summed E-state index contributed by atoms with van der Waals surface area (Å²) in [6.07, 6.45) is 7.25. The Morgan fingerprint density at radius 1 is 1.47 bits per heavy atom. The van der Waals surface area contributed by atoms with E-state index in [0.717, 1.165) is 19.0 Å². The lowest BCUT2D eigenvalue weighted by Crippen LogP contribution is -2.22. The Kier molecular flexibility index (Phi) is 4.21. The molecular formula is C14H25N3. The number of aromatic nitrogens is 2. The largest absolute Gasteiger partial charge is 0.310 e. The smallest absolute Gasteiger partial charge is 0.0537 e. The summed E-state index contributed by atoms with van der Waals surface area (Å²) in [4.78, 5) is 0. The fourth-order valence-electron chi connectivity index (χ4n) is 2.20. The van der Waals surface area contributed by atoms with Crippen LogP contribution in [0.15, 0.2) is 6.20 Å². The quantitative estimate of drug-likeness (QED) is 0.787. The molecule has 0 bridgehead atoms. The highest BCUT2D eigenvalue weighted by atomic mass is 15.3.